The molecular weight excluding hydrogens is 376 g/mol. The zero-order valence-corrected chi connectivity index (χ0v) is 14.8. The van der Waals surface area contributed by atoms with Gasteiger partial charge in [-0.1, -0.05) is 0 Å². The third-order valence-corrected chi connectivity index (χ3v) is 3.64. The van der Waals surface area contributed by atoms with E-state index in [0.717, 1.165) is 0 Å². The van der Waals surface area contributed by atoms with Crippen LogP contribution in [0.25, 0.3) is 0 Å². The highest BCUT2D eigenvalue weighted by Crippen LogP contribution is 2.03. The molecule has 1 heterocycles. The normalized spacial score (nSPS) is 13.8. The summed E-state index contributed by atoms with van der Waals surface area (Å²) in [7, 11) is 0. The minimum absolute atomic E-state index is 0.0900. The number of hydrogen-bond acceptors (Lipinski definition) is 7. The molecule has 0 fully saturated rings. The fourth-order valence-corrected chi connectivity index (χ4v) is 2.21. The monoisotopic (exact) mass is 398 g/mol. The Kier molecular flexibility index (Phi) is 8.55. The number of amides is 3. The first-order valence-corrected chi connectivity index (χ1v) is 8.16. The molecular formula is C15H22N6O7. The Morgan fingerprint density at radius 2 is 1.75 bits per heavy atom. The number of aromatic nitrogens is 2. The molecule has 0 unspecified atom stereocenters. The first-order chi connectivity index (χ1) is 13.1. The van der Waals surface area contributed by atoms with Gasteiger partial charge in [0.05, 0.1) is 18.8 Å². The molecule has 0 aliphatic rings. The van der Waals surface area contributed by atoms with Gasteiger partial charge in [-0.2, -0.15) is 0 Å². The molecule has 1 aromatic rings. The van der Waals surface area contributed by atoms with E-state index in [9.17, 15) is 24.0 Å². The van der Waals surface area contributed by atoms with Crippen LogP contribution in [0.1, 0.15) is 25.0 Å². The van der Waals surface area contributed by atoms with Gasteiger partial charge < -0.3 is 37.3 Å². The largest absolute Gasteiger partial charge is 0.481 e. The number of nitrogens with zero attached hydrogens (tertiary/aromatic N) is 1. The molecule has 0 aliphatic carbocycles. The molecule has 13 nitrogen and oxygen atoms in total. The number of nitrogens with two attached hydrogens (primary N) is 2. The second-order valence-electron chi connectivity index (χ2n) is 5.95. The van der Waals surface area contributed by atoms with E-state index < -0.39 is 54.2 Å². The fraction of sp³-hybridized carbons (Fsp3) is 0.467. The van der Waals surface area contributed by atoms with Crippen LogP contribution in [-0.4, -0.2) is 68.0 Å². The minimum Gasteiger partial charge on any atom is -0.481 e. The van der Waals surface area contributed by atoms with Gasteiger partial charge in [0.25, 0.3) is 0 Å². The Morgan fingerprint density at radius 3 is 2.25 bits per heavy atom. The summed E-state index contributed by atoms with van der Waals surface area (Å²) in [4.78, 5) is 64.0. The lowest BCUT2D eigenvalue weighted by Gasteiger charge is -2.22. The third-order valence-electron chi connectivity index (χ3n) is 3.64. The molecule has 0 aliphatic heterocycles. The van der Waals surface area contributed by atoms with E-state index in [2.05, 4.69) is 15.3 Å². The number of H-pyrrole nitrogens is 1. The number of nitrogens with one attached hydrogen (secondary N) is 3. The zero-order chi connectivity index (χ0) is 21.3. The molecule has 0 spiro atoms. The molecule has 28 heavy (non-hydrogen) atoms. The van der Waals surface area contributed by atoms with Crippen LogP contribution in [0, 0.1) is 0 Å². The number of carboxylic acids is 2. The Hall–Kier alpha value is -3.48. The summed E-state index contributed by atoms with van der Waals surface area (Å²) in [5, 5.41) is 22.1. The van der Waals surface area contributed by atoms with Crippen molar-refractivity contribution in [1.29, 1.82) is 0 Å². The molecule has 0 saturated heterocycles. The van der Waals surface area contributed by atoms with Crippen molar-refractivity contribution < 1.29 is 34.2 Å². The number of imidazole rings is 1. The summed E-state index contributed by atoms with van der Waals surface area (Å²) in [5.74, 6) is -5.45. The van der Waals surface area contributed by atoms with E-state index in [1.54, 1.807) is 0 Å². The second kappa shape index (κ2) is 10.6. The number of aromatic amines is 1. The Bertz CT molecular complexity index is 720. The standard InChI is InChI=1S/C15H22N6O7/c16-8(3-7-5-18-6-19-7)13(25)20-9(1-2-11(17)22)14(26)21-10(15(27)28)4-12(23)24/h5-6,8-10H,1-4,16H2,(H2,17,22)(H,18,19)(H,20,25)(H,21,26)(H,23,24)(H,27,28)/t8-,9-,10-/m0/s1. The number of carboxylic acid groups (broad SMARTS) is 2. The maximum absolute atomic E-state index is 12.3. The minimum atomic E-state index is -1.71. The highest BCUT2D eigenvalue weighted by molar-refractivity contribution is 5.93. The van der Waals surface area contributed by atoms with Crippen molar-refractivity contribution in [2.75, 3.05) is 0 Å². The van der Waals surface area contributed by atoms with Crippen LogP contribution in [0.3, 0.4) is 0 Å². The Balaban J connectivity index is 2.80. The van der Waals surface area contributed by atoms with E-state index in [1.165, 1.54) is 12.5 Å². The van der Waals surface area contributed by atoms with Crippen molar-refractivity contribution in [3.63, 3.8) is 0 Å². The molecule has 1 rings (SSSR count). The van der Waals surface area contributed by atoms with Gasteiger partial charge in [-0.15, -0.1) is 0 Å². The van der Waals surface area contributed by atoms with Crippen LogP contribution in [0.4, 0.5) is 0 Å². The lowest BCUT2D eigenvalue weighted by molar-refractivity contribution is -0.147. The molecule has 154 valence electrons. The van der Waals surface area contributed by atoms with Crippen LogP contribution in [0.5, 0.6) is 0 Å². The molecule has 0 saturated carbocycles. The van der Waals surface area contributed by atoms with Crippen LogP contribution < -0.4 is 22.1 Å². The highest BCUT2D eigenvalue weighted by atomic mass is 16.4. The van der Waals surface area contributed by atoms with Gasteiger partial charge in [-0.25, -0.2) is 9.78 Å². The zero-order valence-electron chi connectivity index (χ0n) is 14.8. The van der Waals surface area contributed by atoms with Crippen molar-refractivity contribution >= 4 is 29.7 Å². The predicted octanol–water partition coefficient (Wildman–Crippen LogP) is -2.93. The lowest BCUT2D eigenvalue weighted by Crippen LogP contribution is -2.55. The van der Waals surface area contributed by atoms with Gasteiger partial charge in [0.15, 0.2) is 0 Å². The summed E-state index contributed by atoms with van der Waals surface area (Å²) < 4.78 is 0. The van der Waals surface area contributed by atoms with E-state index in [-0.39, 0.29) is 19.3 Å². The molecule has 3 amide bonds. The maximum atomic E-state index is 12.3. The SMILES string of the molecule is NC(=O)CC[C@H](NC(=O)[C@@H](N)Cc1cnc[nH]1)C(=O)N[C@@H](CC(=O)O)C(=O)O. The van der Waals surface area contributed by atoms with E-state index >= 15 is 0 Å². The van der Waals surface area contributed by atoms with Gasteiger partial charge >= 0.3 is 11.9 Å². The first-order valence-electron chi connectivity index (χ1n) is 8.16. The number of carbonyl (C=O) groups is 5. The molecule has 9 N–H and O–H groups in total. The highest BCUT2D eigenvalue weighted by Gasteiger charge is 2.29. The number of hydrogen-bond donors (Lipinski definition) is 7. The van der Waals surface area contributed by atoms with E-state index in [1.807, 2.05) is 5.32 Å². The van der Waals surface area contributed by atoms with E-state index in [0.29, 0.717) is 5.69 Å². The number of aliphatic carboxylic acids is 2. The molecule has 13 heteroatoms. The third kappa shape index (κ3) is 7.82. The Morgan fingerprint density at radius 1 is 1.11 bits per heavy atom. The van der Waals surface area contributed by atoms with Crippen molar-refractivity contribution in [2.45, 2.75) is 43.8 Å². The van der Waals surface area contributed by atoms with Crippen molar-refractivity contribution in [1.82, 2.24) is 20.6 Å². The summed E-state index contributed by atoms with van der Waals surface area (Å²) in [6.07, 6.45) is 1.60. The van der Waals surface area contributed by atoms with Gasteiger partial charge in [-0.05, 0) is 6.42 Å². The number of rotatable bonds is 12. The average molecular weight is 398 g/mol. The van der Waals surface area contributed by atoms with Gasteiger partial charge in [0.1, 0.15) is 12.1 Å². The van der Waals surface area contributed by atoms with Gasteiger partial charge in [-0.3, -0.25) is 19.2 Å². The summed E-state index contributed by atoms with van der Waals surface area (Å²) in [5.41, 5.74) is 11.4. The van der Waals surface area contributed by atoms with Crippen molar-refractivity contribution in [2.24, 2.45) is 11.5 Å². The molecule has 0 aromatic carbocycles. The summed E-state index contributed by atoms with van der Waals surface area (Å²) >= 11 is 0. The number of primary amides is 1. The van der Waals surface area contributed by atoms with Gasteiger partial charge in [0.2, 0.25) is 17.7 Å². The summed E-state index contributed by atoms with van der Waals surface area (Å²) in [6, 6.07) is -4.10. The van der Waals surface area contributed by atoms with Crippen LogP contribution in [0.2, 0.25) is 0 Å². The maximum Gasteiger partial charge on any atom is 0.326 e. The van der Waals surface area contributed by atoms with Crippen molar-refractivity contribution in [3.05, 3.63) is 18.2 Å². The second-order valence-corrected chi connectivity index (χ2v) is 5.95. The molecule has 1 aromatic heterocycles. The van der Waals surface area contributed by atoms with E-state index in [4.69, 9.17) is 21.7 Å². The molecule has 3 atom stereocenters. The van der Waals surface area contributed by atoms with Crippen LogP contribution >= 0.6 is 0 Å². The lowest BCUT2D eigenvalue weighted by atomic mass is 10.1. The smallest absolute Gasteiger partial charge is 0.326 e. The van der Waals surface area contributed by atoms with Crippen LogP contribution in [-0.2, 0) is 30.4 Å². The van der Waals surface area contributed by atoms with Crippen molar-refractivity contribution in [3.8, 4) is 0 Å². The summed E-state index contributed by atoms with van der Waals surface area (Å²) in [6.45, 7) is 0. The quantitative estimate of drug-likeness (QED) is 0.191. The first kappa shape index (κ1) is 22.6. The molecule has 0 radical (unpaired) electrons. The van der Waals surface area contributed by atoms with Gasteiger partial charge in [0, 0.05) is 24.7 Å². The average Bonchev–Trinajstić information content (AvgIpc) is 3.09. The Labute approximate surface area is 158 Å². The predicted molar refractivity (Wildman–Crippen MR) is 92.4 cm³/mol. The fourth-order valence-electron chi connectivity index (χ4n) is 2.21. The number of carbonyl (C=O) groups excluding carboxylic acids is 3. The van der Waals surface area contributed by atoms with Crippen LogP contribution in [0.15, 0.2) is 12.5 Å². The topological polar surface area (TPSA) is 231 Å². The molecule has 0 bridgehead atoms.